The largest absolute Gasteiger partial charge is 0.497 e. The van der Waals surface area contributed by atoms with Crippen LogP contribution in [0.3, 0.4) is 0 Å². The molecule has 4 nitrogen and oxygen atoms in total. The molecule has 0 aliphatic rings. The molecule has 1 atom stereocenters. The SMILES string of the molecule is COc1ccc(OCC(Cc2ccccc2)NC(=O)C(F)(F)Br)cc1. The molecule has 0 aliphatic heterocycles. The normalized spacial score (nSPS) is 12.3. The predicted octanol–water partition coefficient (Wildman–Crippen LogP) is 3.79. The van der Waals surface area contributed by atoms with Gasteiger partial charge in [0.2, 0.25) is 0 Å². The zero-order valence-electron chi connectivity index (χ0n) is 13.5. The van der Waals surface area contributed by atoms with Crippen molar-refractivity contribution in [1.29, 1.82) is 0 Å². The molecule has 134 valence electrons. The lowest BCUT2D eigenvalue weighted by Crippen LogP contribution is -2.46. The molecule has 0 saturated carbocycles. The summed E-state index contributed by atoms with van der Waals surface area (Å²) >= 11 is 2.07. The Morgan fingerprint density at radius 3 is 2.28 bits per heavy atom. The van der Waals surface area contributed by atoms with Crippen LogP contribution in [0.5, 0.6) is 11.5 Å². The monoisotopic (exact) mass is 413 g/mol. The smallest absolute Gasteiger partial charge is 0.377 e. The number of ether oxygens (including phenoxy) is 2. The number of halogens is 3. The minimum Gasteiger partial charge on any atom is -0.497 e. The molecule has 0 radical (unpaired) electrons. The molecule has 1 unspecified atom stereocenters. The molecule has 7 heteroatoms. The summed E-state index contributed by atoms with van der Waals surface area (Å²) in [5.41, 5.74) is 0.906. The maximum absolute atomic E-state index is 13.1. The third-order valence-electron chi connectivity index (χ3n) is 3.43. The minimum absolute atomic E-state index is 0.0516. The molecule has 1 N–H and O–H groups in total. The van der Waals surface area contributed by atoms with E-state index in [-0.39, 0.29) is 6.61 Å². The molecule has 0 aliphatic carbocycles. The van der Waals surface area contributed by atoms with Gasteiger partial charge in [0.25, 0.3) is 0 Å². The fourth-order valence-corrected chi connectivity index (χ4v) is 2.30. The van der Waals surface area contributed by atoms with Crippen molar-refractivity contribution in [2.45, 2.75) is 17.3 Å². The molecule has 0 heterocycles. The van der Waals surface area contributed by atoms with Crippen LogP contribution >= 0.6 is 15.9 Å². The van der Waals surface area contributed by atoms with E-state index in [4.69, 9.17) is 9.47 Å². The Balaban J connectivity index is 2.03. The topological polar surface area (TPSA) is 47.6 Å². The second-order valence-corrected chi connectivity index (χ2v) is 6.34. The highest BCUT2D eigenvalue weighted by atomic mass is 79.9. The average Bonchev–Trinajstić information content (AvgIpc) is 2.60. The van der Waals surface area contributed by atoms with Gasteiger partial charge >= 0.3 is 10.7 Å². The average molecular weight is 414 g/mol. The molecular formula is C18H18BrF2NO3. The van der Waals surface area contributed by atoms with Gasteiger partial charge in [0.15, 0.2) is 0 Å². The summed E-state index contributed by atoms with van der Waals surface area (Å²) in [6.45, 7) is 0.0516. The van der Waals surface area contributed by atoms with E-state index < -0.39 is 16.8 Å². The van der Waals surface area contributed by atoms with Crippen molar-refractivity contribution >= 4 is 21.8 Å². The van der Waals surface area contributed by atoms with Crippen molar-refractivity contribution in [2.75, 3.05) is 13.7 Å². The summed E-state index contributed by atoms with van der Waals surface area (Å²) in [4.78, 5) is 7.96. The third kappa shape index (κ3) is 6.34. The van der Waals surface area contributed by atoms with Gasteiger partial charge in [-0.2, -0.15) is 8.78 Å². The van der Waals surface area contributed by atoms with E-state index in [0.29, 0.717) is 17.9 Å². The molecule has 2 aromatic carbocycles. The molecular weight excluding hydrogens is 396 g/mol. The maximum Gasteiger partial charge on any atom is 0.377 e. The van der Waals surface area contributed by atoms with Crippen LogP contribution in [-0.4, -0.2) is 30.5 Å². The second kappa shape index (κ2) is 8.80. The van der Waals surface area contributed by atoms with Crippen molar-refractivity contribution in [2.24, 2.45) is 0 Å². The van der Waals surface area contributed by atoms with Crippen LogP contribution in [0.4, 0.5) is 8.78 Å². The first-order valence-corrected chi connectivity index (χ1v) is 8.36. The van der Waals surface area contributed by atoms with E-state index >= 15 is 0 Å². The van der Waals surface area contributed by atoms with Gasteiger partial charge in [0.1, 0.15) is 18.1 Å². The molecule has 2 aromatic rings. The number of hydrogen-bond donors (Lipinski definition) is 1. The van der Waals surface area contributed by atoms with Gasteiger partial charge in [0, 0.05) is 15.9 Å². The van der Waals surface area contributed by atoms with Crippen LogP contribution in [0.25, 0.3) is 0 Å². The molecule has 0 bridgehead atoms. The van der Waals surface area contributed by atoms with Crippen LogP contribution < -0.4 is 14.8 Å². The first kappa shape index (κ1) is 19.2. The quantitative estimate of drug-likeness (QED) is 0.669. The Morgan fingerprint density at radius 1 is 1.12 bits per heavy atom. The van der Waals surface area contributed by atoms with Crippen LogP contribution in [-0.2, 0) is 11.2 Å². The minimum atomic E-state index is -3.62. The molecule has 25 heavy (non-hydrogen) atoms. The molecule has 0 saturated heterocycles. The van der Waals surface area contributed by atoms with E-state index in [2.05, 4.69) is 21.2 Å². The molecule has 2 rings (SSSR count). The number of methoxy groups -OCH3 is 1. The van der Waals surface area contributed by atoms with E-state index in [0.717, 1.165) is 5.56 Å². The van der Waals surface area contributed by atoms with Gasteiger partial charge < -0.3 is 14.8 Å². The lowest BCUT2D eigenvalue weighted by molar-refractivity contribution is -0.135. The van der Waals surface area contributed by atoms with Crippen molar-refractivity contribution in [3.8, 4) is 11.5 Å². The Bertz CT molecular complexity index is 675. The van der Waals surface area contributed by atoms with Gasteiger partial charge in [0.05, 0.1) is 13.2 Å². The van der Waals surface area contributed by atoms with E-state index in [1.54, 1.807) is 31.4 Å². The Labute approximate surface area is 153 Å². The number of alkyl halides is 3. The van der Waals surface area contributed by atoms with Crippen LogP contribution in [0.2, 0.25) is 0 Å². The van der Waals surface area contributed by atoms with E-state index in [9.17, 15) is 13.6 Å². The van der Waals surface area contributed by atoms with Crippen LogP contribution in [0.1, 0.15) is 5.56 Å². The predicted molar refractivity (Wildman–Crippen MR) is 94.4 cm³/mol. The van der Waals surface area contributed by atoms with Crippen LogP contribution in [0, 0.1) is 0 Å². The number of amides is 1. The van der Waals surface area contributed by atoms with Gasteiger partial charge in [-0.05, 0) is 36.2 Å². The van der Waals surface area contributed by atoms with Gasteiger partial charge in [-0.15, -0.1) is 0 Å². The number of carbonyl (C=O) groups excluding carboxylic acids is 1. The maximum atomic E-state index is 13.1. The summed E-state index contributed by atoms with van der Waals surface area (Å²) in [6.07, 6.45) is 0.367. The molecule has 0 aromatic heterocycles. The number of carbonyl (C=O) groups is 1. The fraction of sp³-hybridized carbons (Fsp3) is 0.278. The Hall–Kier alpha value is -2.15. The van der Waals surface area contributed by atoms with Crippen LogP contribution in [0.15, 0.2) is 54.6 Å². The van der Waals surface area contributed by atoms with E-state index in [1.165, 1.54) is 0 Å². The summed E-state index contributed by atoms with van der Waals surface area (Å²) in [7, 11) is 1.56. The molecule has 0 fully saturated rings. The van der Waals surface area contributed by atoms with Gasteiger partial charge in [-0.3, -0.25) is 4.79 Å². The summed E-state index contributed by atoms with van der Waals surface area (Å²) in [5.74, 6) is -0.161. The zero-order valence-corrected chi connectivity index (χ0v) is 15.1. The fourth-order valence-electron chi connectivity index (χ4n) is 2.19. The highest BCUT2D eigenvalue weighted by Gasteiger charge is 2.36. The first-order chi connectivity index (χ1) is 11.9. The third-order valence-corrected chi connectivity index (χ3v) is 3.79. The highest BCUT2D eigenvalue weighted by molar-refractivity contribution is 9.10. The Morgan fingerprint density at radius 2 is 1.72 bits per heavy atom. The lowest BCUT2D eigenvalue weighted by Gasteiger charge is -2.21. The molecule has 0 spiro atoms. The zero-order chi connectivity index (χ0) is 18.3. The van der Waals surface area contributed by atoms with Crippen molar-refractivity contribution in [1.82, 2.24) is 5.32 Å². The van der Waals surface area contributed by atoms with E-state index in [1.807, 2.05) is 30.3 Å². The number of rotatable bonds is 8. The summed E-state index contributed by atoms with van der Waals surface area (Å²) in [5, 5.41) is 2.31. The van der Waals surface area contributed by atoms with Gasteiger partial charge in [-0.1, -0.05) is 30.3 Å². The molecule has 1 amide bonds. The number of nitrogens with one attached hydrogen (secondary N) is 1. The first-order valence-electron chi connectivity index (χ1n) is 7.57. The highest BCUT2D eigenvalue weighted by Crippen LogP contribution is 2.22. The lowest BCUT2D eigenvalue weighted by atomic mass is 10.1. The standard InChI is InChI=1S/C18H18BrF2NO3/c1-24-15-7-9-16(10-8-15)25-12-14(22-17(23)18(19,20)21)11-13-5-3-2-4-6-13/h2-10,14H,11-12H2,1H3,(H,22,23). The second-order valence-electron chi connectivity index (χ2n) is 5.34. The van der Waals surface area contributed by atoms with Crippen molar-refractivity contribution in [3.05, 3.63) is 60.2 Å². The van der Waals surface area contributed by atoms with Gasteiger partial charge in [-0.25, -0.2) is 0 Å². The summed E-state index contributed by atoms with van der Waals surface area (Å²) < 4.78 is 36.9. The number of hydrogen-bond acceptors (Lipinski definition) is 3. The number of benzene rings is 2. The van der Waals surface area contributed by atoms with Crippen molar-refractivity contribution < 1.29 is 23.0 Å². The Kier molecular flexibility index (Phi) is 6.75. The van der Waals surface area contributed by atoms with Crippen molar-refractivity contribution in [3.63, 3.8) is 0 Å². The summed E-state index contributed by atoms with van der Waals surface area (Å²) in [6, 6.07) is 15.5.